The van der Waals surface area contributed by atoms with E-state index >= 15 is 0 Å². The lowest BCUT2D eigenvalue weighted by atomic mass is 10.2. The van der Waals surface area contributed by atoms with E-state index in [1.807, 2.05) is 0 Å². The lowest BCUT2D eigenvalue weighted by Crippen LogP contribution is -2.27. The Hall–Kier alpha value is -1.25. The minimum atomic E-state index is -4.48. The molecule has 0 fully saturated rings. The molecule has 0 atom stereocenters. The zero-order chi connectivity index (χ0) is 14.3. The highest BCUT2D eigenvalue weighted by atomic mass is 35.5. The number of alkyl halides is 3. The first-order chi connectivity index (χ1) is 8.94. The first-order valence-corrected chi connectivity index (χ1v) is 5.57. The average Bonchev–Trinajstić information content (AvgIpc) is 2.36. The van der Waals surface area contributed by atoms with Crippen molar-refractivity contribution in [3.8, 4) is 5.88 Å². The molecular formula is C11H16Cl2F3N3O2. The molecule has 5 nitrogen and oxygen atoms in total. The summed E-state index contributed by atoms with van der Waals surface area (Å²) in [5.74, 6) is -0.885. The topological polar surface area (TPSA) is 77.2 Å². The van der Waals surface area contributed by atoms with Gasteiger partial charge in [-0.25, -0.2) is 4.98 Å². The largest absolute Gasteiger partial charge is 0.467 e. The average molecular weight is 350 g/mol. The van der Waals surface area contributed by atoms with E-state index in [1.54, 1.807) is 0 Å². The van der Waals surface area contributed by atoms with E-state index < -0.39 is 18.7 Å². The Balaban J connectivity index is 0. The van der Waals surface area contributed by atoms with Gasteiger partial charge in [0.1, 0.15) is 5.56 Å². The highest BCUT2D eigenvalue weighted by Gasteiger charge is 2.29. The van der Waals surface area contributed by atoms with Crippen LogP contribution in [0.25, 0.3) is 0 Å². The first kappa shape index (κ1) is 22.0. The molecular weight excluding hydrogens is 334 g/mol. The van der Waals surface area contributed by atoms with Gasteiger partial charge in [0.15, 0.2) is 6.61 Å². The number of hydrogen-bond acceptors (Lipinski definition) is 4. The summed E-state index contributed by atoms with van der Waals surface area (Å²) in [5, 5.41) is 2.52. The number of nitrogens with zero attached hydrogens (tertiary/aromatic N) is 1. The van der Waals surface area contributed by atoms with E-state index in [0.29, 0.717) is 19.5 Å². The van der Waals surface area contributed by atoms with Crippen LogP contribution in [0.2, 0.25) is 0 Å². The molecule has 0 saturated heterocycles. The predicted molar refractivity (Wildman–Crippen MR) is 76.3 cm³/mol. The van der Waals surface area contributed by atoms with Crippen molar-refractivity contribution in [2.24, 2.45) is 5.73 Å². The molecule has 0 aromatic carbocycles. The third-order valence-corrected chi connectivity index (χ3v) is 2.05. The molecule has 1 aromatic rings. The van der Waals surface area contributed by atoms with Gasteiger partial charge in [-0.3, -0.25) is 4.79 Å². The minimum Gasteiger partial charge on any atom is -0.467 e. The van der Waals surface area contributed by atoms with E-state index in [1.165, 1.54) is 18.3 Å². The predicted octanol–water partition coefficient (Wildman–Crippen LogP) is 1.94. The number of carbonyl (C=O) groups is 1. The number of ether oxygens (including phenoxy) is 1. The Labute approximate surface area is 132 Å². The summed E-state index contributed by atoms with van der Waals surface area (Å²) in [7, 11) is 0. The van der Waals surface area contributed by atoms with Crippen LogP contribution in [0.4, 0.5) is 13.2 Å². The van der Waals surface area contributed by atoms with Crippen molar-refractivity contribution in [2.45, 2.75) is 12.6 Å². The Morgan fingerprint density at radius 3 is 2.62 bits per heavy atom. The van der Waals surface area contributed by atoms with Crippen LogP contribution in [-0.4, -0.2) is 36.8 Å². The first-order valence-electron chi connectivity index (χ1n) is 5.57. The number of amides is 1. The maximum atomic E-state index is 12.1. The van der Waals surface area contributed by atoms with Gasteiger partial charge >= 0.3 is 6.18 Å². The Kier molecular flexibility index (Phi) is 11.0. The van der Waals surface area contributed by atoms with Crippen molar-refractivity contribution >= 4 is 30.7 Å². The fraction of sp³-hybridized carbons (Fsp3) is 0.455. The van der Waals surface area contributed by atoms with Crippen LogP contribution in [0.1, 0.15) is 16.8 Å². The number of carbonyl (C=O) groups excluding carboxylic acids is 1. The van der Waals surface area contributed by atoms with Crippen LogP contribution >= 0.6 is 24.8 Å². The number of pyridine rings is 1. The summed E-state index contributed by atoms with van der Waals surface area (Å²) in [4.78, 5) is 15.3. The van der Waals surface area contributed by atoms with Crippen molar-refractivity contribution in [3.05, 3.63) is 23.9 Å². The molecule has 1 aromatic heterocycles. The number of halogens is 5. The second kappa shape index (κ2) is 10.5. The molecule has 0 unspecified atom stereocenters. The van der Waals surface area contributed by atoms with Gasteiger partial charge in [0.25, 0.3) is 5.91 Å². The van der Waals surface area contributed by atoms with E-state index in [0.717, 1.165) is 0 Å². The van der Waals surface area contributed by atoms with Crippen molar-refractivity contribution in [1.82, 2.24) is 10.3 Å². The monoisotopic (exact) mass is 349 g/mol. The summed E-state index contributed by atoms with van der Waals surface area (Å²) in [5.41, 5.74) is 5.23. The van der Waals surface area contributed by atoms with Crippen molar-refractivity contribution in [3.63, 3.8) is 0 Å². The van der Waals surface area contributed by atoms with Gasteiger partial charge in [0.2, 0.25) is 5.88 Å². The summed E-state index contributed by atoms with van der Waals surface area (Å²) in [6, 6.07) is 2.79. The van der Waals surface area contributed by atoms with E-state index in [9.17, 15) is 18.0 Å². The van der Waals surface area contributed by atoms with Crippen LogP contribution in [-0.2, 0) is 0 Å². The third-order valence-electron chi connectivity index (χ3n) is 2.05. The number of aromatic nitrogens is 1. The molecule has 1 amide bonds. The lowest BCUT2D eigenvalue weighted by molar-refractivity contribution is -0.154. The molecule has 10 heteroatoms. The molecule has 21 heavy (non-hydrogen) atoms. The normalized spacial score (nSPS) is 10.1. The summed E-state index contributed by atoms with van der Waals surface area (Å²) < 4.78 is 40.7. The number of nitrogens with one attached hydrogen (secondary N) is 1. The second-order valence-electron chi connectivity index (χ2n) is 3.66. The van der Waals surface area contributed by atoms with Crippen LogP contribution in [0.3, 0.4) is 0 Å². The van der Waals surface area contributed by atoms with E-state index in [-0.39, 0.29) is 36.3 Å². The van der Waals surface area contributed by atoms with Gasteiger partial charge in [-0.05, 0) is 25.1 Å². The molecule has 3 N–H and O–H groups in total. The highest BCUT2D eigenvalue weighted by molar-refractivity contribution is 5.96. The smallest absolute Gasteiger partial charge is 0.422 e. The van der Waals surface area contributed by atoms with Gasteiger partial charge in [-0.15, -0.1) is 24.8 Å². The number of hydrogen-bond donors (Lipinski definition) is 2. The van der Waals surface area contributed by atoms with Gasteiger partial charge in [0.05, 0.1) is 0 Å². The lowest BCUT2D eigenvalue weighted by Gasteiger charge is -2.11. The van der Waals surface area contributed by atoms with E-state index in [2.05, 4.69) is 15.0 Å². The van der Waals surface area contributed by atoms with Crippen LogP contribution in [0.15, 0.2) is 18.3 Å². The van der Waals surface area contributed by atoms with Gasteiger partial charge < -0.3 is 15.8 Å². The standard InChI is InChI=1S/C11H14F3N3O2.2ClH/c12-11(13,14)7-19-10-8(3-1-5-17-10)9(18)16-6-2-4-15;;/h1,3,5H,2,4,6-7,15H2,(H,16,18);2*1H. The number of rotatable bonds is 6. The quantitative estimate of drug-likeness (QED) is 0.769. The molecule has 0 aliphatic heterocycles. The fourth-order valence-corrected chi connectivity index (χ4v) is 1.23. The van der Waals surface area contributed by atoms with Gasteiger partial charge in [-0.1, -0.05) is 0 Å². The Morgan fingerprint density at radius 2 is 2.05 bits per heavy atom. The Morgan fingerprint density at radius 1 is 1.38 bits per heavy atom. The minimum absolute atomic E-state index is 0. The third kappa shape index (κ3) is 8.59. The molecule has 0 bridgehead atoms. The Bertz CT molecular complexity index is 433. The summed E-state index contributed by atoms with van der Waals surface area (Å²) in [6.07, 6.45) is -2.65. The zero-order valence-electron chi connectivity index (χ0n) is 10.9. The molecule has 1 rings (SSSR count). The van der Waals surface area contributed by atoms with Crippen molar-refractivity contribution < 1.29 is 22.7 Å². The number of nitrogens with two attached hydrogens (primary N) is 1. The molecule has 1 heterocycles. The second-order valence-corrected chi connectivity index (χ2v) is 3.66. The van der Waals surface area contributed by atoms with Crippen molar-refractivity contribution in [2.75, 3.05) is 19.7 Å². The highest BCUT2D eigenvalue weighted by Crippen LogP contribution is 2.19. The van der Waals surface area contributed by atoms with Crippen LogP contribution in [0.5, 0.6) is 5.88 Å². The summed E-state index contributed by atoms with van der Waals surface area (Å²) >= 11 is 0. The zero-order valence-corrected chi connectivity index (χ0v) is 12.5. The van der Waals surface area contributed by atoms with Crippen LogP contribution < -0.4 is 15.8 Å². The molecule has 0 aliphatic rings. The molecule has 0 saturated carbocycles. The fourth-order valence-electron chi connectivity index (χ4n) is 1.23. The van der Waals surface area contributed by atoms with Gasteiger partial charge in [-0.2, -0.15) is 13.2 Å². The maximum absolute atomic E-state index is 12.1. The molecule has 0 spiro atoms. The van der Waals surface area contributed by atoms with Gasteiger partial charge in [0, 0.05) is 12.7 Å². The van der Waals surface area contributed by atoms with E-state index in [4.69, 9.17) is 5.73 Å². The summed E-state index contributed by atoms with van der Waals surface area (Å²) in [6.45, 7) is -0.749. The van der Waals surface area contributed by atoms with Crippen LogP contribution in [0, 0.1) is 0 Å². The molecule has 122 valence electrons. The molecule has 0 radical (unpaired) electrons. The SMILES string of the molecule is Cl.Cl.NCCCNC(=O)c1cccnc1OCC(F)(F)F. The van der Waals surface area contributed by atoms with Crippen molar-refractivity contribution in [1.29, 1.82) is 0 Å². The maximum Gasteiger partial charge on any atom is 0.422 e. The molecule has 0 aliphatic carbocycles.